The summed E-state index contributed by atoms with van der Waals surface area (Å²) in [6.07, 6.45) is 3.42. The second-order valence-electron chi connectivity index (χ2n) is 1.29. The van der Waals surface area contributed by atoms with Gasteiger partial charge in [0, 0.05) is 6.08 Å². The van der Waals surface area contributed by atoms with Gasteiger partial charge in [0.15, 0.2) is 0 Å². The first-order valence-electron chi connectivity index (χ1n) is 2.03. The maximum Gasteiger partial charge on any atom is 0.0692 e. The molecule has 0 N–H and O–H groups in total. The zero-order valence-electron chi connectivity index (χ0n) is 3.91. The molecule has 0 aliphatic heterocycles. The second kappa shape index (κ2) is 2.39. The lowest BCUT2D eigenvalue weighted by molar-refractivity contribution is 1.80. The van der Waals surface area contributed by atoms with E-state index in [0.717, 1.165) is 4.48 Å². The molecule has 0 unspecified atom stereocenters. The molecule has 1 aliphatic carbocycles. The highest BCUT2D eigenvalue weighted by molar-refractivity contribution is 9.11. The molecule has 0 atom stereocenters. The summed E-state index contributed by atoms with van der Waals surface area (Å²) in [5.41, 5.74) is 5.50. The molecule has 0 nitrogen and oxygen atoms in total. The van der Waals surface area contributed by atoms with Crippen molar-refractivity contribution in [1.82, 2.24) is 0 Å². The van der Waals surface area contributed by atoms with Gasteiger partial charge >= 0.3 is 0 Å². The van der Waals surface area contributed by atoms with Crippen LogP contribution in [0, 0.1) is 0 Å². The molecule has 0 fully saturated rings. The average Bonchev–Trinajstić information content (AvgIpc) is 1.64. The predicted molar refractivity (Wildman–Crippen MR) is 38.0 cm³/mol. The van der Waals surface area contributed by atoms with Crippen molar-refractivity contribution >= 4 is 27.5 Å². The fraction of sp³-hybridized carbons (Fsp3) is 0. The normalized spacial score (nSPS) is 15.8. The van der Waals surface area contributed by atoms with Gasteiger partial charge in [0.2, 0.25) is 0 Å². The van der Waals surface area contributed by atoms with Crippen molar-refractivity contribution in [3.8, 4) is 0 Å². The van der Waals surface area contributed by atoms with Gasteiger partial charge in [-0.3, -0.25) is 0 Å². The van der Waals surface area contributed by atoms with Crippen LogP contribution in [0.15, 0.2) is 33.1 Å². The lowest BCUT2D eigenvalue weighted by Crippen LogP contribution is -1.65. The molecule has 8 heavy (non-hydrogen) atoms. The minimum Gasteiger partial charge on any atom is -0.0836 e. The van der Waals surface area contributed by atoms with Crippen molar-refractivity contribution < 1.29 is 0 Å². The Bertz CT molecular complexity index is 225. The molecular weight excluding hydrogens is 187 g/mol. The van der Waals surface area contributed by atoms with E-state index in [0.29, 0.717) is 5.03 Å². The van der Waals surface area contributed by atoms with Gasteiger partial charge in [-0.15, -0.1) is 0 Å². The fourth-order valence-electron chi connectivity index (χ4n) is 0.373. The molecule has 1 rings (SSSR count). The van der Waals surface area contributed by atoms with Crippen LogP contribution in [0.2, 0.25) is 0 Å². The van der Waals surface area contributed by atoms with Gasteiger partial charge in [-0.25, -0.2) is 0 Å². The van der Waals surface area contributed by atoms with Gasteiger partial charge in [-0.2, -0.15) is 0 Å². The van der Waals surface area contributed by atoms with Gasteiger partial charge in [0.1, 0.15) is 0 Å². The Hall–Kier alpha value is -0.190. The highest BCUT2D eigenvalue weighted by Gasteiger charge is 1.88. The van der Waals surface area contributed by atoms with Crippen LogP contribution in [0.4, 0.5) is 0 Å². The zero-order chi connectivity index (χ0) is 5.98. The molecule has 40 valence electrons. The van der Waals surface area contributed by atoms with Crippen molar-refractivity contribution in [2.24, 2.45) is 0 Å². The van der Waals surface area contributed by atoms with E-state index in [2.05, 4.69) is 27.4 Å². The molecular formula is C6H2BrCl. The number of allylic oxidation sites excluding steroid dienone is 4. The Balaban J connectivity index is 3.10. The first kappa shape index (κ1) is 5.94. The van der Waals surface area contributed by atoms with Crippen molar-refractivity contribution in [2.45, 2.75) is 0 Å². The summed E-state index contributed by atoms with van der Waals surface area (Å²) in [6.45, 7) is 0. The molecule has 0 saturated carbocycles. The number of halogens is 2. The molecule has 1 aliphatic rings. The van der Waals surface area contributed by atoms with Gasteiger partial charge in [-0.05, 0) is 22.0 Å². The van der Waals surface area contributed by atoms with Crippen LogP contribution in [0.5, 0.6) is 0 Å². The van der Waals surface area contributed by atoms with Crippen LogP contribution >= 0.6 is 27.5 Å². The van der Waals surface area contributed by atoms with Crippen LogP contribution in [0.1, 0.15) is 0 Å². The summed E-state index contributed by atoms with van der Waals surface area (Å²) in [5, 5.41) is 0.677. The van der Waals surface area contributed by atoms with Crippen molar-refractivity contribution in [3.63, 3.8) is 0 Å². The molecule has 0 aromatic rings. The molecule has 2 heteroatoms. The molecule has 0 aromatic heterocycles. The maximum atomic E-state index is 5.56. The number of rotatable bonds is 0. The van der Waals surface area contributed by atoms with E-state index in [1.807, 2.05) is 0 Å². The number of hydrogen-bond donors (Lipinski definition) is 0. The fourth-order valence-corrected chi connectivity index (χ4v) is 1.03. The van der Waals surface area contributed by atoms with Crippen LogP contribution in [0.3, 0.4) is 0 Å². The van der Waals surface area contributed by atoms with E-state index in [4.69, 9.17) is 11.6 Å². The van der Waals surface area contributed by atoms with E-state index in [9.17, 15) is 0 Å². The Morgan fingerprint density at radius 2 is 2.38 bits per heavy atom. The summed E-state index contributed by atoms with van der Waals surface area (Å²) in [5.74, 6) is 0. The minimum absolute atomic E-state index is 0.677. The van der Waals surface area contributed by atoms with Crippen LogP contribution in [-0.2, 0) is 0 Å². The minimum atomic E-state index is 0.677. The van der Waals surface area contributed by atoms with E-state index < -0.39 is 0 Å². The molecule has 0 amide bonds. The summed E-state index contributed by atoms with van der Waals surface area (Å²) >= 11 is 8.75. The van der Waals surface area contributed by atoms with Gasteiger partial charge in [0.25, 0.3) is 0 Å². The van der Waals surface area contributed by atoms with Crippen molar-refractivity contribution in [3.05, 3.63) is 33.1 Å². The third-order valence-electron chi connectivity index (χ3n) is 0.666. The zero-order valence-corrected chi connectivity index (χ0v) is 6.25. The Kier molecular flexibility index (Phi) is 1.77. The van der Waals surface area contributed by atoms with Crippen LogP contribution in [-0.4, -0.2) is 0 Å². The average molecular weight is 189 g/mol. The van der Waals surface area contributed by atoms with E-state index in [1.165, 1.54) is 0 Å². The molecule has 0 radical (unpaired) electrons. The standard InChI is InChI=1S/C6H2BrCl/c7-5-2-1-3-6(8)4-5/h3-4H. The van der Waals surface area contributed by atoms with Gasteiger partial charge < -0.3 is 0 Å². The number of hydrogen-bond acceptors (Lipinski definition) is 0. The Labute approximate surface area is 61.0 Å². The lowest BCUT2D eigenvalue weighted by Gasteiger charge is -1.86. The SMILES string of the molecule is ClC1=CC(Br)=C=C=C1. The first-order valence-corrected chi connectivity index (χ1v) is 3.20. The van der Waals surface area contributed by atoms with E-state index in [1.54, 1.807) is 12.2 Å². The summed E-state index contributed by atoms with van der Waals surface area (Å²) in [6, 6.07) is 0. The van der Waals surface area contributed by atoms with E-state index in [-0.39, 0.29) is 0 Å². The molecule has 0 spiro atoms. The van der Waals surface area contributed by atoms with Gasteiger partial charge in [-0.1, -0.05) is 23.1 Å². The molecule has 0 bridgehead atoms. The third kappa shape index (κ3) is 1.40. The predicted octanol–water partition coefficient (Wildman–Crippen LogP) is 2.71. The largest absolute Gasteiger partial charge is 0.0836 e. The first-order chi connectivity index (χ1) is 3.79. The van der Waals surface area contributed by atoms with Gasteiger partial charge in [0.05, 0.1) is 9.51 Å². The van der Waals surface area contributed by atoms with Crippen molar-refractivity contribution in [1.29, 1.82) is 0 Å². The Morgan fingerprint density at radius 3 is 2.75 bits per heavy atom. The summed E-state index contributed by atoms with van der Waals surface area (Å²) in [4.78, 5) is 0. The molecule has 0 heterocycles. The highest BCUT2D eigenvalue weighted by Crippen LogP contribution is 2.14. The Morgan fingerprint density at radius 1 is 1.62 bits per heavy atom. The van der Waals surface area contributed by atoms with Crippen LogP contribution < -0.4 is 0 Å². The quantitative estimate of drug-likeness (QED) is 0.514. The maximum absolute atomic E-state index is 5.56. The smallest absolute Gasteiger partial charge is 0.0692 e. The lowest BCUT2D eigenvalue weighted by atomic mass is 10.4. The second-order valence-corrected chi connectivity index (χ2v) is 2.58. The monoisotopic (exact) mass is 188 g/mol. The van der Waals surface area contributed by atoms with Crippen molar-refractivity contribution in [2.75, 3.05) is 0 Å². The summed E-state index contributed by atoms with van der Waals surface area (Å²) in [7, 11) is 0. The van der Waals surface area contributed by atoms with E-state index >= 15 is 0 Å². The molecule has 0 aromatic carbocycles. The third-order valence-corrected chi connectivity index (χ3v) is 1.31. The topological polar surface area (TPSA) is 0 Å². The molecule has 0 saturated heterocycles. The summed E-state index contributed by atoms with van der Waals surface area (Å²) < 4.78 is 0.838. The highest BCUT2D eigenvalue weighted by atomic mass is 79.9. The van der Waals surface area contributed by atoms with Crippen LogP contribution in [0.25, 0.3) is 0 Å².